The molecule has 1 aliphatic heterocycles. The molecule has 1 aliphatic rings. The highest BCUT2D eigenvalue weighted by atomic mass is 32.1. The van der Waals surface area contributed by atoms with Crippen molar-refractivity contribution in [3.8, 4) is 10.4 Å². The van der Waals surface area contributed by atoms with Crippen LogP contribution < -0.4 is 10.9 Å². The van der Waals surface area contributed by atoms with Crippen LogP contribution in [-0.2, 0) is 4.74 Å². The smallest absolute Gasteiger partial charge is 0.260 e. The summed E-state index contributed by atoms with van der Waals surface area (Å²) in [5.74, 6) is 0.685. The molecule has 7 heteroatoms. The second kappa shape index (κ2) is 6.76. The van der Waals surface area contributed by atoms with Gasteiger partial charge in [-0.15, -0.1) is 22.7 Å². The summed E-state index contributed by atoms with van der Waals surface area (Å²) in [5.41, 5.74) is 0.913. The van der Waals surface area contributed by atoms with Crippen LogP contribution in [0.25, 0.3) is 20.7 Å². The molecule has 4 rings (SSSR count). The Morgan fingerprint density at radius 2 is 2.42 bits per heavy atom. The lowest BCUT2D eigenvalue weighted by Crippen LogP contribution is -2.30. The largest absolute Gasteiger partial charge is 0.377 e. The molecule has 5 nitrogen and oxygen atoms in total. The summed E-state index contributed by atoms with van der Waals surface area (Å²) in [6.07, 6.45) is 2.50. The zero-order valence-corrected chi connectivity index (χ0v) is 15.0. The Bertz CT molecular complexity index is 879. The van der Waals surface area contributed by atoms with Crippen LogP contribution in [0.2, 0.25) is 0 Å². The molecule has 0 saturated carbocycles. The first-order valence-electron chi connectivity index (χ1n) is 8.12. The molecule has 0 radical (unpaired) electrons. The number of aromatic amines is 1. The highest BCUT2D eigenvalue weighted by Gasteiger charge is 2.19. The maximum atomic E-state index is 12.6. The van der Waals surface area contributed by atoms with E-state index < -0.39 is 0 Å². The minimum Gasteiger partial charge on any atom is -0.377 e. The Hall–Kier alpha value is -1.54. The van der Waals surface area contributed by atoms with Crippen LogP contribution in [0.15, 0.2) is 27.7 Å². The molecule has 0 spiro atoms. The third-order valence-electron chi connectivity index (χ3n) is 4.33. The quantitative estimate of drug-likeness (QED) is 0.729. The van der Waals surface area contributed by atoms with Gasteiger partial charge in [-0.3, -0.25) is 4.79 Å². The Labute approximate surface area is 147 Å². The molecule has 0 aromatic carbocycles. The first-order valence-corrected chi connectivity index (χ1v) is 9.88. The summed E-state index contributed by atoms with van der Waals surface area (Å²) in [6, 6.07) is 4.01. The lowest BCUT2D eigenvalue weighted by atomic mass is 10.2. The molecule has 2 N–H and O–H groups in total. The molecular weight excluding hydrogens is 342 g/mol. The molecule has 0 aliphatic carbocycles. The van der Waals surface area contributed by atoms with Gasteiger partial charge in [0, 0.05) is 29.0 Å². The van der Waals surface area contributed by atoms with Gasteiger partial charge in [-0.1, -0.05) is 6.07 Å². The van der Waals surface area contributed by atoms with Gasteiger partial charge in [-0.25, -0.2) is 4.98 Å². The van der Waals surface area contributed by atoms with Crippen molar-refractivity contribution >= 4 is 32.9 Å². The van der Waals surface area contributed by atoms with E-state index in [1.54, 1.807) is 11.3 Å². The van der Waals surface area contributed by atoms with Crippen molar-refractivity contribution in [1.29, 1.82) is 0 Å². The van der Waals surface area contributed by atoms with E-state index in [-0.39, 0.29) is 17.7 Å². The molecule has 1 saturated heterocycles. The van der Waals surface area contributed by atoms with E-state index >= 15 is 0 Å². The van der Waals surface area contributed by atoms with Crippen molar-refractivity contribution in [2.75, 3.05) is 13.2 Å². The third kappa shape index (κ3) is 3.04. The number of ether oxygens (including phenoxy) is 1. The van der Waals surface area contributed by atoms with E-state index in [4.69, 9.17) is 4.74 Å². The first kappa shape index (κ1) is 16.0. The lowest BCUT2D eigenvalue weighted by Gasteiger charge is -2.16. The van der Waals surface area contributed by atoms with Crippen LogP contribution in [0.4, 0.5) is 0 Å². The van der Waals surface area contributed by atoms with Crippen LogP contribution in [0, 0.1) is 0 Å². The molecule has 3 aromatic heterocycles. The maximum Gasteiger partial charge on any atom is 0.260 e. The van der Waals surface area contributed by atoms with Crippen LogP contribution >= 0.6 is 22.7 Å². The van der Waals surface area contributed by atoms with Crippen LogP contribution in [0.1, 0.15) is 31.6 Å². The Morgan fingerprint density at radius 1 is 1.50 bits per heavy atom. The lowest BCUT2D eigenvalue weighted by molar-refractivity contribution is 0.107. The van der Waals surface area contributed by atoms with E-state index in [0.717, 1.165) is 41.3 Å². The zero-order chi connectivity index (χ0) is 16.5. The number of hydrogen-bond donors (Lipinski definition) is 2. The van der Waals surface area contributed by atoms with Crippen LogP contribution in [0.5, 0.6) is 0 Å². The zero-order valence-electron chi connectivity index (χ0n) is 13.4. The van der Waals surface area contributed by atoms with Crippen molar-refractivity contribution < 1.29 is 4.74 Å². The normalized spacial score (nSPS) is 19.1. The number of aromatic nitrogens is 2. The summed E-state index contributed by atoms with van der Waals surface area (Å²) in [7, 11) is 0. The van der Waals surface area contributed by atoms with Gasteiger partial charge >= 0.3 is 0 Å². The molecular formula is C17H19N3O2S2. The Kier molecular flexibility index (Phi) is 4.49. The van der Waals surface area contributed by atoms with E-state index in [1.807, 2.05) is 29.8 Å². The summed E-state index contributed by atoms with van der Waals surface area (Å²) in [5, 5.41) is 8.15. The summed E-state index contributed by atoms with van der Waals surface area (Å²) >= 11 is 3.16. The van der Waals surface area contributed by atoms with Gasteiger partial charge in [0.2, 0.25) is 0 Å². The molecule has 0 bridgehead atoms. The fourth-order valence-corrected chi connectivity index (χ4v) is 4.76. The minimum atomic E-state index is -0.0644. The van der Waals surface area contributed by atoms with Gasteiger partial charge in [0.05, 0.1) is 17.5 Å². The van der Waals surface area contributed by atoms with E-state index in [0.29, 0.717) is 11.2 Å². The molecule has 3 aromatic rings. The average molecular weight is 361 g/mol. The number of hydrogen-bond acceptors (Lipinski definition) is 6. The highest BCUT2D eigenvalue weighted by Crippen LogP contribution is 2.33. The molecule has 4 heterocycles. The standard InChI is InChI=1S/C17H19N3O2S2/c1-10(18-8-11-4-2-6-22-11)15-19-16(21)14-12(9-24-17(14)20-15)13-5-3-7-23-13/h3,5,7,9-11,18H,2,4,6,8H2,1H3,(H,19,20,21)/t10-,11-/m1/s1. The number of nitrogens with one attached hydrogen (secondary N) is 2. The van der Waals surface area contributed by atoms with Gasteiger partial charge < -0.3 is 15.0 Å². The predicted molar refractivity (Wildman–Crippen MR) is 98.9 cm³/mol. The van der Waals surface area contributed by atoms with Crippen molar-refractivity contribution in [2.45, 2.75) is 31.9 Å². The molecule has 0 amide bonds. The SMILES string of the molecule is C[C@@H](NC[C@H]1CCCO1)c1nc2scc(-c3cccs3)c2c(=O)[nH]1. The van der Waals surface area contributed by atoms with Gasteiger partial charge in [-0.2, -0.15) is 0 Å². The Balaban J connectivity index is 1.60. The van der Waals surface area contributed by atoms with E-state index in [1.165, 1.54) is 11.3 Å². The monoisotopic (exact) mass is 361 g/mol. The molecule has 24 heavy (non-hydrogen) atoms. The van der Waals surface area contributed by atoms with Gasteiger partial charge in [0.1, 0.15) is 10.7 Å². The topological polar surface area (TPSA) is 67.0 Å². The molecule has 1 fully saturated rings. The second-order valence-corrected chi connectivity index (χ2v) is 7.83. The van der Waals surface area contributed by atoms with Crippen molar-refractivity contribution in [2.24, 2.45) is 0 Å². The third-order valence-corrected chi connectivity index (χ3v) is 6.11. The fourth-order valence-electron chi connectivity index (χ4n) is 2.99. The minimum absolute atomic E-state index is 0.0152. The fraction of sp³-hybridized carbons (Fsp3) is 0.412. The summed E-state index contributed by atoms with van der Waals surface area (Å²) in [6.45, 7) is 3.66. The Morgan fingerprint density at radius 3 is 3.17 bits per heavy atom. The number of H-pyrrole nitrogens is 1. The van der Waals surface area contributed by atoms with Gasteiger partial charge in [-0.05, 0) is 31.2 Å². The van der Waals surface area contributed by atoms with Crippen LogP contribution in [-0.4, -0.2) is 29.2 Å². The molecule has 0 unspecified atom stereocenters. The number of thiophene rings is 2. The predicted octanol–water partition coefficient (Wildman–Crippen LogP) is 3.54. The van der Waals surface area contributed by atoms with Crippen molar-refractivity contribution in [1.82, 2.24) is 15.3 Å². The number of fused-ring (bicyclic) bond motifs is 1. The van der Waals surface area contributed by atoms with Gasteiger partial charge in [0.25, 0.3) is 5.56 Å². The average Bonchev–Trinajstić information content (AvgIpc) is 3.31. The highest BCUT2D eigenvalue weighted by molar-refractivity contribution is 7.18. The molecule has 126 valence electrons. The molecule has 2 atom stereocenters. The van der Waals surface area contributed by atoms with E-state index in [2.05, 4.69) is 15.3 Å². The van der Waals surface area contributed by atoms with Crippen LogP contribution in [0.3, 0.4) is 0 Å². The number of rotatable bonds is 5. The summed E-state index contributed by atoms with van der Waals surface area (Å²) in [4.78, 5) is 22.1. The first-order chi connectivity index (χ1) is 11.7. The van der Waals surface area contributed by atoms with E-state index in [9.17, 15) is 4.79 Å². The number of nitrogens with zero attached hydrogens (tertiary/aromatic N) is 1. The van der Waals surface area contributed by atoms with Gasteiger partial charge in [0.15, 0.2) is 0 Å². The van der Waals surface area contributed by atoms with Crippen molar-refractivity contribution in [3.05, 3.63) is 39.1 Å². The summed E-state index contributed by atoms with van der Waals surface area (Å²) < 4.78 is 5.63. The maximum absolute atomic E-state index is 12.6. The second-order valence-electron chi connectivity index (χ2n) is 6.02. The van der Waals surface area contributed by atoms with Crippen molar-refractivity contribution in [3.63, 3.8) is 0 Å².